The lowest BCUT2D eigenvalue weighted by Crippen LogP contribution is -2.62. The fourth-order valence-electron chi connectivity index (χ4n) is 4.81. The van der Waals surface area contributed by atoms with E-state index in [0.717, 1.165) is 52.4 Å². The maximum atomic E-state index is 11.2. The molecule has 4 rings (SSSR count). The van der Waals surface area contributed by atoms with Crippen molar-refractivity contribution < 1.29 is 21.6 Å². The molecule has 4 aliphatic heterocycles. The number of sulfonamides is 2. The van der Waals surface area contributed by atoms with Gasteiger partial charge in [0.2, 0.25) is 20.0 Å². The molecule has 4 saturated heterocycles. The predicted octanol–water partition coefficient (Wildman–Crippen LogP) is -0.0181. The van der Waals surface area contributed by atoms with E-state index in [0.29, 0.717) is 43.8 Å². The third-order valence-electron chi connectivity index (χ3n) is 7.30. The van der Waals surface area contributed by atoms with Crippen molar-refractivity contribution in [2.75, 3.05) is 52.4 Å². The third-order valence-corrected chi connectivity index (χ3v) is 10.1. The number of Topliss-reactive ketones (excluding diaryl/α,β-unsaturated/α-hetero) is 1. The number of likely N-dealkylation sites (tertiary alicyclic amines) is 3. The van der Waals surface area contributed by atoms with E-state index in [-0.39, 0.29) is 41.1 Å². The van der Waals surface area contributed by atoms with Gasteiger partial charge < -0.3 is 10.1 Å². The Balaban J connectivity index is 0.000000592. The number of carbonyl (C=O) groups excluding carboxylic acids is 1. The molecule has 0 amide bonds. The van der Waals surface area contributed by atoms with Crippen LogP contribution in [0, 0.1) is 0 Å². The normalized spacial score (nSPS) is 23.2. The molecule has 0 radical (unpaired) electrons. The summed E-state index contributed by atoms with van der Waals surface area (Å²) >= 11 is 0. The summed E-state index contributed by atoms with van der Waals surface area (Å²) in [5.74, 6) is 0.167. The van der Waals surface area contributed by atoms with Gasteiger partial charge in [-0.1, -0.05) is 0 Å². The number of nitrogens with one attached hydrogen (secondary N) is 1. The van der Waals surface area contributed by atoms with Crippen LogP contribution in [-0.2, 0) is 24.8 Å². The molecule has 0 aromatic carbocycles. The summed E-state index contributed by atoms with van der Waals surface area (Å²) in [4.78, 5) is 16.7. The Bertz CT molecular complexity index is 879. The van der Waals surface area contributed by atoms with Crippen molar-refractivity contribution in [1.82, 2.24) is 20.0 Å². The van der Waals surface area contributed by atoms with E-state index in [4.69, 9.17) is 10.3 Å². The van der Waals surface area contributed by atoms with E-state index in [2.05, 4.69) is 33.9 Å². The summed E-state index contributed by atoms with van der Waals surface area (Å²) < 4.78 is 44.7. The maximum Gasteiger partial charge on any atom is 0.212 e. The third kappa shape index (κ3) is 12.3. The average molecular weight is 612 g/mol. The van der Waals surface area contributed by atoms with Gasteiger partial charge in [0.15, 0.2) is 0 Å². The minimum atomic E-state index is -3.33. The second-order valence-corrected chi connectivity index (χ2v) is 14.3. The largest absolute Gasteiger partial charge is 0.314 e. The van der Waals surface area contributed by atoms with Gasteiger partial charge >= 0.3 is 0 Å². The van der Waals surface area contributed by atoms with E-state index >= 15 is 0 Å². The van der Waals surface area contributed by atoms with E-state index in [1.165, 1.54) is 13.8 Å². The highest BCUT2D eigenvalue weighted by Crippen LogP contribution is 2.23. The molecule has 0 unspecified atom stereocenters. The Labute approximate surface area is 236 Å². The van der Waals surface area contributed by atoms with Gasteiger partial charge in [-0.2, -0.15) is 0 Å². The number of rotatable bonds is 5. The van der Waals surface area contributed by atoms with Crippen LogP contribution in [0.15, 0.2) is 0 Å². The molecule has 11 nitrogen and oxygen atoms in total. The number of hydrogen-bond donors (Lipinski definition) is 3. The smallest absolute Gasteiger partial charge is 0.212 e. The van der Waals surface area contributed by atoms with Crippen molar-refractivity contribution in [3.05, 3.63) is 0 Å². The summed E-state index contributed by atoms with van der Waals surface area (Å²) in [6.07, 6.45) is 2.76. The van der Waals surface area contributed by atoms with E-state index in [1.807, 2.05) is 0 Å². The summed E-state index contributed by atoms with van der Waals surface area (Å²) in [6, 6.07) is 1.86. The predicted molar refractivity (Wildman–Crippen MR) is 153 cm³/mol. The van der Waals surface area contributed by atoms with Gasteiger partial charge in [-0.25, -0.2) is 27.1 Å². The van der Waals surface area contributed by atoms with Gasteiger partial charge in [-0.3, -0.25) is 14.7 Å². The van der Waals surface area contributed by atoms with Gasteiger partial charge in [0.05, 0.1) is 10.5 Å². The summed E-state index contributed by atoms with van der Waals surface area (Å²) in [5.41, 5.74) is 0. The van der Waals surface area contributed by atoms with E-state index in [1.54, 1.807) is 0 Å². The molecule has 4 fully saturated rings. The molecule has 0 saturated carbocycles. The number of piperidine rings is 2. The number of hydrogen-bond acceptors (Lipinski definition) is 9. The van der Waals surface area contributed by atoms with Crippen LogP contribution >= 0.6 is 24.8 Å². The second-order valence-electron chi connectivity index (χ2n) is 10.6. The highest BCUT2D eigenvalue weighted by atomic mass is 35.5. The van der Waals surface area contributed by atoms with Crippen molar-refractivity contribution in [2.24, 2.45) is 10.3 Å². The van der Waals surface area contributed by atoms with Crippen LogP contribution < -0.4 is 15.6 Å². The van der Waals surface area contributed by atoms with Crippen LogP contribution in [0.2, 0.25) is 0 Å². The Kier molecular flexibility index (Phi) is 16.2. The highest BCUT2D eigenvalue weighted by Gasteiger charge is 2.36. The van der Waals surface area contributed by atoms with Crippen LogP contribution in [0.4, 0.5) is 0 Å². The number of halogens is 2. The molecule has 222 valence electrons. The first kappa shape index (κ1) is 36.9. The van der Waals surface area contributed by atoms with Crippen LogP contribution in [0.5, 0.6) is 0 Å². The molecule has 0 bridgehead atoms. The van der Waals surface area contributed by atoms with E-state index in [9.17, 15) is 21.6 Å². The van der Waals surface area contributed by atoms with Crippen LogP contribution in [0.1, 0.15) is 53.4 Å². The lowest BCUT2D eigenvalue weighted by molar-refractivity contribution is -0.115. The lowest BCUT2D eigenvalue weighted by atomic mass is 10.0. The zero-order chi connectivity index (χ0) is 26.4. The van der Waals surface area contributed by atoms with Gasteiger partial charge in [-0.15, -0.1) is 24.8 Å². The zero-order valence-corrected chi connectivity index (χ0v) is 25.8. The topological polar surface area (TPSA) is 159 Å². The summed E-state index contributed by atoms with van der Waals surface area (Å²) in [5, 5.41) is 12.9. The lowest BCUT2D eigenvalue weighted by Gasteiger charge is -2.49. The first-order chi connectivity index (χ1) is 16.2. The van der Waals surface area contributed by atoms with Crippen molar-refractivity contribution >= 4 is 50.6 Å². The molecule has 15 heteroatoms. The monoisotopic (exact) mass is 610 g/mol. The Hall–Kier alpha value is -0.0900. The molecular weight excluding hydrogens is 563 g/mol. The van der Waals surface area contributed by atoms with Gasteiger partial charge in [0.25, 0.3) is 0 Å². The Morgan fingerprint density at radius 3 is 1.32 bits per heavy atom. The van der Waals surface area contributed by atoms with Crippen LogP contribution in [-0.4, -0.2) is 118 Å². The highest BCUT2D eigenvalue weighted by molar-refractivity contribution is 7.90. The molecular formula is C22H48Cl2N6O5S2. The molecule has 5 N–H and O–H groups in total. The molecule has 0 atom stereocenters. The molecule has 0 aromatic heterocycles. The van der Waals surface area contributed by atoms with Crippen LogP contribution in [0.3, 0.4) is 0 Å². The zero-order valence-electron chi connectivity index (χ0n) is 22.5. The minimum absolute atomic E-state index is 0. The summed E-state index contributed by atoms with van der Waals surface area (Å²) in [6.45, 7) is 15.3. The van der Waals surface area contributed by atoms with Gasteiger partial charge in [0, 0.05) is 44.3 Å². The summed E-state index contributed by atoms with van der Waals surface area (Å²) in [7, 11) is -6.63. The average Bonchev–Trinajstić information content (AvgIpc) is 2.65. The fraction of sp³-hybridized carbons (Fsp3) is 0.955. The SMILES string of the molecule is CC(C)=O.CC(C)N1CC(N2CCC(S(N)(=O)=O)CC2)C1.Cl.Cl.NS(=O)(=O)C1CCN(C2CNC2)CC1. The molecule has 0 aromatic rings. The second kappa shape index (κ2) is 16.2. The van der Waals surface area contributed by atoms with Crippen molar-refractivity contribution in [1.29, 1.82) is 0 Å². The van der Waals surface area contributed by atoms with Gasteiger partial charge in [0.1, 0.15) is 5.78 Å². The minimum Gasteiger partial charge on any atom is -0.314 e. The van der Waals surface area contributed by atoms with Crippen LogP contribution in [0.25, 0.3) is 0 Å². The molecule has 0 aliphatic carbocycles. The molecule has 37 heavy (non-hydrogen) atoms. The number of carbonyl (C=O) groups is 1. The first-order valence-electron chi connectivity index (χ1n) is 12.6. The molecule has 0 spiro atoms. The number of ketones is 1. The standard InChI is InChI=1S/C11H23N3O2S.C8H17N3O2S.C3H6O.2ClH/c1-9(2)14-7-10(8-14)13-5-3-11(4-6-13)17(12,15)16;9-14(12,13)8-1-3-11(4-2-8)7-5-10-6-7;1-3(2)4;;/h9-11H,3-8H2,1-2H3,(H2,12,15,16);7-8,10H,1-6H2,(H2,9,12,13);1-2H3;2*1H. The van der Waals surface area contributed by atoms with Crippen molar-refractivity contribution in [2.45, 2.75) is 82.0 Å². The molecule has 4 aliphatic rings. The van der Waals surface area contributed by atoms with Gasteiger partial charge in [-0.05, 0) is 79.6 Å². The van der Waals surface area contributed by atoms with Crippen molar-refractivity contribution in [3.63, 3.8) is 0 Å². The Morgan fingerprint density at radius 1 is 0.757 bits per heavy atom. The number of nitrogens with two attached hydrogens (primary N) is 2. The number of primary sulfonamides is 2. The fourth-order valence-corrected chi connectivity index (χ4v) is 6.55. The number of nitrogens with zero attached hydrogens (tertiary/aromatic N) is 3. The first-order valence-corrected chi connectivity index (χ1v) is 15.8. The molecule has 4 heterocycles. The Morgan fingerprint density at radius 2 is 1.08 bits per heavy atom. The quantitative estimate of drug-likeness (QED) is 0.389. The maximum absolute atomic E-state index is 11.2. The van der Waals surface area contributed by atoms with Crippen molar-refractivity contribution in [3.8, 4) is 0 Å². The van der Waals surface area contributed by atoms with E-state index < -0.39 is 20.0 Å².